The van der Waals surface area contributed by atoms with Crippen molar-refractivity contribution in [2.24, 2.45) is 5.41 Å². The van der Waals surface area contributed by atoms with E-state index >= 15 is 0 Å². The third kappa shape index (κ3) is 3.89. The van der Waals surface area contributed by atoms with Crippen LogP contribution in [-0.4, -0.2) is 40.8 Å². The second kappa shape index (κ2) is 8.44. The number of amides is 2. The van der Waals surface area contributed by atoms with Gasteiger partial charge in [0, 0.05) is 27.3 Å². The van der Waals surface area contributed by atoms with Crippen molar-refractivity contribution < 1.29 is 19.4 Å². The van der Waals surface area contributed by atoms with Crippen LogP contribution >= 0.6 is 11.3 Å². The minimum Gasteiger partial charge on any atom is -0.490 e. The maximum absolute atomic E-state index is 13.3. The zero-order valence-electron chi connectivity index (χ0n) is 20.3. The number of nitrogens with zero attached hydrogens (tertiary/aromatic N) is 1. The van der Waals surface area contributed by atoms with Crippen LogP contribution in [0.5, 0.6) is 5.75 Å². The molecule has 7 nitrogen and oxygen atoms in total. The van der Waals surface area contributed by atoms with E-state index in [-0.39, 0.29) is 29.9 Å². The molecule has 186 valence electrons. The van der Waals surface area contributed by atoms with E-state index in [0.717, 1.165) is 26.6 Å². The summed E-state index contributed by atoms with van der Waals surface area (Å²) in [5.41, 5.74) is 1.54. The first kappa shape index (κ1) is 23.2. The highest BCUT2D eigenvalue weighted by Gasteiger charge is 2.51. The first-order chi connectivity index (χ1) is 17.3. The fourth-order valence-electron chi connectivity index (χ4n) is 5.08. The molecule has 3 aliphatic rings. The molecule has 1 saturated heterocycles. The molecule has 8 heteroatoms. The Balaban J connectivity index is 1.26. The van der Waals surface area contributed by atoms with Gasteiger partial charge in [-0.2, -0.15) is 0 Å². The number of carbonyl (C=O) groups is 2. The molecule has 3 atom stereocenters. The summed E-state index contributed by atoms with van der Waals surface area (Å²) in [6.07, 6.45) is 1.26. The van der Waals surface area contributed by atoms with Crippen molar-refractivity contribution >= 4 is 23.2 Å². The standard InChI is InChI=1S/C28H29N3O4S/c1-17(27(2)12-13-27)35-20-8-9-21-19(14-20)15-31(24(21)32)16-28(25(33)29-26(34)30-28)23-11-10-22(36-23)18-6-4-3-5-7-18/h3-11,14,17,26,30,34H,12-13,15-16H2,1-2H3,(H,29,33). The number of benzene rings is 2. The van der Waals surface area contributed by atoms with E-state index < -0.39 is 11.9 Å². The Labute approximate surface area is 214 Å². The molecule has 6 rings (SSSR count). The van der Waals surface area contributed by atoms with Crippen LogP contribution in [0.1, 0.15) is 47.5 Å². The highest BCUT2D eigenvalue weighted by Crippen LogP contribution is 2.49. The highest BCUT2D eigenvalue weighted by atomic mass is 32.1. The van der Waals surface area contributed by atoms with Crippen LogP contribution in [0.25, 0.3) is 10.4 Å². The summed E-state index contributed by atoms with van der Waals surface area (Å²) < 4.78 is 6.20. The van der Waals surface area contributed by atoms with Crippen molar-refractivity contribution in [3.63, 3.8) is 0 Å². The zero-order chi connectivity index (χ0) is 25.1. The lowest BCUT2D eigenvalue weighted by molar-refractivity contribution is -0.125. The van der Waals surface area contributed by atoms with Gasteiger partial charge in [0.05, 0.1) is 6.54 Å². The Morgan fingerprint density at radius 1 is 1.14 bits per heavy atom. The molecule has 3 aromatic rings. The number of ether oxygens (including phenoxy) is 1. The van der Waals surface area contributed by atoms with Gasteiger partial charge in [-0.15, -0.1) is 11.3 Å². The molecule has 1 aliphatic carbocycles. The Morgan fingerprint density at radius 2 is 1.92 bits per heavy atom. The number of hydrogen-bond acceptors (Lipinski definition) is 6. The molecule has 36 heavy (non-hydrogen) atoms. The molecule has 0 radical (unpaired) electrons. The van der Waals surface area contributed by atoms with Crippen LogP contribution in [0.2, 0.25) is 0 Å². The van der Waals surface area contributed by atoms with Crippen molar-refractivity contribution in [3.8, 4) is 16.2 Å². The van der Waals surface area contributed by atoms with Gasteiger partial charge in [-0.1, -0.05) is 37.3 Å². The first-order valence-electron chi connectivity index (χ1n) is 12.3. The van der Waals surface area contributed by atoms with Gasteiger partial charge in [0.1, 0.15) is 11.9 Å². The quantitative estimate of drug-likeness (QED) is 0.456. The van der Waals surface area contributed by atoms with E-state index in [9.17, 15) is 14.7 Å². The highest BCUT2D eigenvalue weighted by molar-refractivity contribution is 7.15. The molecule has 3 unspecified atom stereocenters. The fraction of sp³-hybridized carbons (Fsp3) is 0.357. The summed E-state index contributed by atoms with van der Waals surface area (Å²) in [7, 11) is 0. The Hall–Kier alpha value is -3.20. The predicted octanol–water partition coefficient (Wildman–Crippen LogP) is 3.83. The Kier molecular flexibility index (Phi) is 5.44. The second-order valence-corrected chi connectivity index (χ2v) is 11.4. The van der Waals surface area contributed by atoms with E-state index in [0.29, 0.717) is 12.1 Å². The van der Waals surface area contributed by atoms with E-state index in [2.05, 4.69) is 24.5 Å². The number of aliphatic hydroxyl groups excluding tert-OH is 1. The normalized spacial score (nSPS) is 25.0. The van der Waals surface area contributed by atoms with E-state index in [1.165, 1.54) is 24.2 Å². The summed E-state index contributed by atoms with van der Waals surface area (Å²) in [4.78, 5) is 30.0. The third-order valence-electron chi connectivity index (χ3n) is 7.84. The number of thiophene rings is 1. The van der Waals surface area contributed by atoms with Gasteiger partial charge < -0.3 is 20.1 Å². The molecule has 1 saturated carbocycles. The van der Waals surface area contributed by atoms with Crippen molar-refractivity contribution in [2.45, 2.75) is 51.2 Å². The number of fused-ring (bicyclic) bond motifs is 1. The minimum atomic E-state index is -1.25. The molecule has 2 aromatic carbocycles. The smallest absolute Gasteiger partial charge is 0.254 e. The lowest BCUT2D eigenvalue weighted by Crippen LogP contribution is -2.52. The monoisotopic (exact) mass is 503 g/mol. The molecule has 0 bridgehead atoms. The van der Waals surface area contributed by atoms with Crippen LogP contribution in [0.3, 0.4) is 0 Å². The Morgan fingerprint density at radius 3 is 2.61 bits per heavy atom. The van der Waals surface area contributed by atoms with Gasteiger partial charge in [-0.05, 0) is 61.2 Å². The molecule has 2 aliphatic heterocycles. The van der Waals surface area contributed by atoms with Crippen molar-refractivity contribution in [1.82, 2.24) is 15.5 Å². The maximum Gasteiger partial charge on any atom is 0.254 e. The van der Waals surface area contributed by atoms with Crippen LogP contribution in [0.4, 0.5) is 0 Å². The molecule has 3 N–H and O–H groups in total. The number of aliphatic hydroxyl groups is 1. The molecule has 2 amide bonds. The van der Waals surface area contributed by atoms with Crippen LogP contribution in [0.15, 0.2) is 60.7 Å². The molecule has 0 spiro atoms. The number of hydrogen-bond donors (Lipinski definition) is 3. The summed E-state index contributed by atoms with van der Waals surface area (Å²) in [5.74, 6) is 0.279. The van der Waals surface area contributed by atoms with Gasteiger partial charge in [-0.3, -0.25) is 14.9 Å². The molecule has 1 aromatic heterocycles. The minimum absolute atomic E-state index is 0.100. The topological polar surface area (TPSA) is 90.9 Å². The summed E-state index contributed by atoms with van der Waals surface area (Å²) in [6.45, 7) is 4.81. The lowest BCUT2D eigenvalue weighted by Gasteiger charge is -2.30. The molecular formula is C28H29N3O4S. The van der Waals surface area contributed by atoms with Crippen LogP contribution in [0, 0.1) is 5.41 Å². The summed E-state index contributed by atoms with van der Waals surface area (Å²) >= 11 is 1.48. The zero-order valence-corrected chi connectivity index (χ0v) is 21.1. The summed E-state index contributed by atoms with van der Waals surface area (Å²) in [6, 6.07) is 19.4. The number of nitrogens with one attached hydrogen (secondary N) is 2. The number of carbonyl (C=O) groups excluding carboxylic acids is 2. The van der Waals surface area contributed by atoms with Crippen LogP contribution < -0.4 is 15.4 Å². The first-order valence-corrected chi connectivity index (χ1v) is 13.1. The average Bonchev–Trinajstić information content (AvgIpc) is 3.18. The van der Waals surface area contributed by atoms with Gasteiger partial charge in [0.2, 0.25) is 0 Å². The van der Waals surface area contributed by atoms with Gasteiger partial charge in [0.25, 0.3) is 11.8 Å². The van der Waals surface area contributed by atoms with Crippen LogP contribution in [-0.2, 0) is 16.9 Å². The largest absolute Gasteiger partial charge is 0.490 e. The third-order valence-corrected chi connectivity index (χ3v) is 9.14. The van der Waals surface area contributed by atoms with Crippen molar-refractivity contribution in [1.29, 1.82) is 0 Å². The van der Waals surface area contributed by atoms with E-state index in [1.807, 2.05) is 60.7 Å². The number of rotatable bonds is 7. The molecular weight excluding hydrogens is 474 g/mol. The van der Waals surface area contributed by atoms with Gasteiger partial charge in [-0.25, -0.2) is 0 Å². The molecule has 3 heterocycles. The fourth-order valence-corrected chi connectivity index (χ4v) is 6.23. The SMILES string of the molecule is CC(Oc1ccc2c(c1)CN(CC1(c3ccc(-c4ccccc4)s3)NC(O)NC1=O)C2=O)C1(C)CC1. The Bertz CT molecular complexity index is 1340. The second-order valence-electron chi connectivity index (χ2n) is 10.3. The van der Waals surface area contributed by atoms with E-state index in [4.69, 9.17) is 4.74 Å². The molecule has 2 fully saturated rings. The van der Waals surface area contributed by atoms with E-state index in [1.54, 1.807) is 4.90 Å². The predicted molar refractivity (Wildman–Crippen MR) is 137 cm³/mol. The van der Waals surface area contributed by atoms with Gasteiger partial charge >= 0.3 is 0 Å². The maximum atomic E-state index is 13.3. The lowest BCUT2D eigenvalue weighted by atomic mass is 9.96. The average molecular weight is 504 g/mol. The van der Waals surface area contributed by atoms with Gasteiger partial charge in [0.15, 0.2) is 11.9 Å². The van der Waals surface area contributed by atoms with Crippen molar-refractivity contribution in [2.75, 3.05) is 6.54 Å². The summed E-state index contributed by atoms with van der Waals surface area (Å²) in [5, 5.41) is 15.9. The van der Waals surface area contributed by atoms with Crippen molar-refractivity contribution in [3.05, 3.63) is 76.7 Å².